The van der Waals surface area contributed by atoms with Crippen molar-refractivity contribution < 1.29 is 9.84 Å². The number of aliphatic hydroxyl groups excluding tert-OH is 1. The third kappa shape index (κ3) is 2.08. The zero-order valence-electron chi connectivity index (χ0n) is 8.48. The fourth-order valence-electron chi connectivity index (χ4n) is 2.52. The third-order valence-electron chi connectivity index (χ3n) is 3.44. The number of nitrogens with two attached hydrogens (primary N) is 1. The van der Waals surface area contributed by atoms with Gasteiger partial charge in [-0.15, -0.1) is 0 Å². The molecule has 4 unspecified atom stereocenters. The van der Waals surface area contributed by atoms with Crippen LogP contribution in [0.15, 0.2) is 0 Å². The Bertz CT molecular complexity index is 189. The number of hydrogen-bond acceptors (Lipinski definition) is 4. The van der Waals surface area contributed by atoms with Crippen LogP contribution in [0.3, 0.4) is 0 Å². The predicted octanol–water partition coefficient (Wildman–Crippen LogP) is -0.537. The van der Waals surface area contributed by atoms with Gasteiger partial charge in [-0.1, -0.05) is 6.42 Å². The van der Waals surface area contributed by atoms with Crippen molar-refractivity contribution in [3.63, 3.8) is 0 Å². The lowest BCUT2D eigenvalue weighted by Crippen LogP contribution is -2.47. The maximum Gasteiger partial charge on any atom is 0.0948 e. The van der Waals surface area contributed by atoms with Crippen LogP contribution in [0.5, 0.6) is 0 Å². The molecule has 1 heterocycles. The van der Waals surface area contributed by atoms with Crippen molar-refractivity contribution in [3.8, 4) is 0 Å². The van der Waals surface area contributed by atoms with Crippen molar-refractivity contribution in [1.29, 1.82) is 0 Å². The van der Waals surface area contributed by atoms with Gasteiger partial charge in [-0.25, -0.2) is 0 Å². The number of hydrogen-bond donors (Lipinski definition) is 3. The number of rotatable bonds is 3. The highest BCUT2D eigenvalue weighted by atomic mass is 16.5. The van der Waals surface area contributed by atoms with Gasteiger partial charge in [-0.3, -0.25) is 0 Å². The molecule has 0 amide bonds. The van der Waals surface area contributed by atoms with Gasteiger partial charge in [0.25, 0.3) is 0 Å². The Hall–Kier alpha value is -0.160. The molecule has 82 valence electrons. The molecule has 4 atom stereocenters. The van der Waals surface area contributed by atoms with Crippen LogP contribution in [0.25, 0.3) is 0 Å². The molecule has 1 saturated heterocycles. The van der Waals surface area contributed by atoms with E-state index < -0.39 is 0 Å². The van der Waals surface area contributed by atoms with Crippen LogP contribution in [0.1, 0.15) is 19.3 Å². The van der Waals surface area contributed by atoms with Crippen LogP contribution in [0, 0.1) is 5.92 Å². The first-order valence-electron chi connectivity index (χ1n) is 5.53. The van der Waals surface area contributed by atoms with Crippen molar-refractivity contribution in [2.45, 2.75) is 37.5 Å². The van der Waals surface area contributed by atoms with Gasteiger partial charge >= 0.3 is 0 Å². The second-order valence-electron chi connectivity index (χ2n) is 4.41. The Balaban J connectivity index is 1.83. The van der Waals surface area contributed by atoms with E-state index in [9.17, 15) is 5.11 Å². The Kier molecular flexibility index (Phi) is 3.38. The highest BCUT2D eigenvalue weighted by Crippen LogP contribution is 2.25. The average Bonchev–Trinajstić information content (AvgIpc) is 2.77. The second kappa shape index (κ2) is 4.57. The molecule has 1 aliphatic heterocycles. The summed E-state index contributed by atoms with van der Waals surface area (Å²) in [6, 6.07) is 0.605. The molecule has 2 fully saturated rings. The van der Waals surface area contributed by atoms with Crippen LogP contribution in [-0.2, 0) is 4.74 Å². The van der Waals surface area contributed by atoms with E-state index >= 15 is 0 Å². The maximum absolute atomic E-state index is 9.59. The summed E-state index contributed by atoms with van der Waals surface area (Å²) in [7, 11) is 0. The van der Waals surface area contributed by atoms with Crippen molar-refractivity contribution in [1.82, 2.24) is 5.32 Å². The Labute approximate surface area is 84.8 Å². The van der Waals surface area contributed by atoms with E-state index in [-0.39, 0.29) is 12.1 Å². The predicted molar refractivity (Wildman–Crippen MR) is 53.9 cm³/mol. The van der Waals surface area contributed by atoms with Crippen molar-refractivity contribution in [3.05, 3.63) is 0 Å². The summed E-state index contributed by atoms with van der Waals surface area (Å²) in [4.78, 5) is 0. The first-order valence-corrected chi connectivity index (χ1v) is 5.53. The SMILES string of the molecule is NCC1CCCC1NC1COCC1O. The molecule has 1 saturated carbocycles. The van der Waals surface area contributed by atoms with Crippen molar-refractivity contribution in [2.75, 3.05) is 19.8 Å². The molecule has 2 rings (SSSR count). The summed E-state index contributed by atoms with van der Waals surface area (Å²) in [6.45, 7) is 1.86. The summed E-state index contributed by atoms with van der Waals surface area (Å²) in [5.41, 5.74) is 5.70. The van der Waals surface area contributed by atoms with E-state index in [1.54, 1.807) is 0 Å². The molecule has 4 heteroatoms. The smallest absolute Gasteiger partial charge is 0.0948 e. The fourth-order valence-corrected chi connectivity index (χ4v) is 2.52. The molecule has 0 aromatic rings. The van der Waals surface area contributed by atoms with E-state index in [4.69, 9.17) is 10.5 Å². The highest BCUT2D eigenvalue weighted by Gasteiger charge is 2.32. The highest BCUT2D eigenvalue weighted by molar-refractivity contribution is 4.90. The minimum atomic E-state index is -0.339. The Morgan fingerprint density at radius 3 is 2.79 bits per heavy atom. The first-order chi connectivity index (χ1) is 6.81. The van der Waals surface area contributed by atoms with Gasteiger partial charge in [0.15, 0.2) is 0 Å². The summed E-state index contributed by atoms with van der Waals surface area (Å²) in [6.07, 6.45) is 3.32. The van der Waals surface area contributed by atoms with Crippen LogP contribution in [0.4, 0.5) is 0 Å². The van der Waals surface area contributed by atoms with E-state index in [0.29, 0.717) is 25.2 Å². The molecule has 4 nitrogen and oxygen atoms in total. The second-order valence-corrected chi connectivity index (χ2v) is 4.41. The minimum Gasteiger partial charge on any atom is -0.389 e. The maximum atomic E-state index is 9.59. The fraction of sp³-hybridized carbons (Fsp3) is 1.00. The van der Waals surface area contributed by atoms with Gasteiger partial charge in [0.2, 0.25) is 0 Å². The number of ether oxygens (including phenoxy) is 1. The van der Waals surface area contributed by atoms with Gasteiger partial charge in [-0.2, -0.15) is 0 Å². The molecular formula is C10H20N2O2. The lowest BCUT2D eigenvalue weighted by Gasteiger charge is -2.24. The topological polar surface area (TPSA) is 67.5 Å². The molecule has 1 aliphatic carbocycles. The van der Waals surface area contributed by atoms with Gasteiger partial charge in [-0.05, 0) is 25.3 Å². The third-order valence-corrected chi connectivity index (χ3v) is 3.44. The zero-order chi connectivity index (χ0) is 9.97. The van der Waals surface area contributed by atoms with Crippen LogP contribution < -0.4 is 11.1 Å². The van der Waals surface area contributed by atoms with E-state index in [1.807, 2.05) is 0 Å². The normalized spacial score (nSPS) is 43.3. The molecule has 0 aromatic carbocycles. The molecule has 4 N–H and O–H groups in total. The van der Waals surface area contributed by atoms with Gasteiger partial charge < -0.3 is 20.9 Å². The Morgan fingerprint density at radius 1 is 1.29 bits per heavy atom. The summed E-state index contributed by atoms with van der Waals surface area (Å²) in [5, 5.41) is 13.1. The van der Waals surface area contributed by atoms with Crippen LogP contribution >= 0.6 is 0 Å². The van der Waals surface area contributed by atoms with Crippen molar-refractivity contribution >= 4 is 0 Å². The average molecular weight is 200 g/mol. The summed E-state index contributed by atoms with van der Waals surface area (Å²) >= 11 is 0. The monoisotopic (exact) mass is 200 g/mol. The van der Waals surface area contributed by atoms with E-state index in [1.165, 1.54) is 19.3 Å². The quantitative estimate of drug-likeness (QED) is 0.572. The standard InChI is InChI=1S/C10H20N2O2/c11-4-7-2-1-3-8(7)12-9-5-14-6-10(9)13/h7-10,12-13H,1-6,11H2. The Morgan fingerprint density at radius 2 is 2.14 bits per heavy atom. The molecule has 14 heavy (non-hydrogen) atoms. The van der Waals surface area contributed by atoms with Gasteiger partial charge in [0, 0.05) is 6.04 Å². The van der Waals surface area contributed by atoms with Gasteiger partial charge in [0.1, 0.15) is 0 Å². The molecule has 0 spiro atoms. The van der Waals surface area contributed by atoms with Crippen LogP contribution in [-0.4, -0.2) is 43.1 Å². The van der Waals surface area contributed by atoms with E-state index in [2.05, 4.69) is 5.32 Å². The minimum absolute atomic E-state index is 0.118. The summed E-state index contributed by atoms with van der Waals surface area (Å²) in [5.74, 6) is 0.586. The largest absolute Gasteiger partial charge is 0.389 e. The van der Waals surface area contributed by atoms with E-state index in [0.717, 1.165) is 6.54 Å². The molecule has 2 aliphatic rings. The van der Waals surface area contributed by atoms with Crippen LogP contribution in [0.2, 0.25) is 0 Å². The molecular weight excluding hydrogens is 180 g/mol. The number of aliphatic hydroxyl groups is 1. The van der Waals surface area contributed by atoms with Gasteiger partial charge in [0.05, 0.1) is 25.4 Å². The molecule has 0 radical (unpaired) electrons. The summed E-state index contributed by atoms with van der Waals surface area (Å²) < 4.78 is 5.20. The first kappa shape index (κ1) is 10.4. The molecule has 0 bridgehead atoms. The molecule has 0 aromatic heterocycles. The number of nitrogens with one attached hydrogen (secondary N) is 1. The zero-order valence-corrected chi connectivity index (χ0v) is 8.48. The van der Waals surface area contributed by atoms with Crippen molar-refractivity contribution in [2.24, 2.45) is 11.7 Å². The lowest BCUT2D eigenvalue weighted by atomic mass is 10.0. The lowest BCUT2D eigenvalue weighted by molar-refractivity contribution is 0.120.